The molecular formula is C17H17N3O5S. The van der Waals surface area contributed by atoms with Crippen molar-refractivity contribution in [3.8, 4) is 5.75 Å². The van der Waals surface area contributed by atoms with E-state index in [0.29, 0.717) is 36.5 Å². The number of rotatable bonds is 5. The molecule has 0 radical (unpaired) electrons. The minimum absolute atomic E-state index is 0.131. The third-order valence-electron chi connectivity index (χ3n) is 4.44. The van der Waals surface area contributed by atoms with Crippen LogP contribution < -0.4 is 10.5 Å². The Bertz CT molecular complexity index is 1100. The highest BCUT2D eigenvalue weighted by Gasteiger charge is 2.37. The molecule has 0 amide bonds. The van der Waals surface area contributed by atoms with Crippen LogP contribution in [-0.4, -0.2) is 42.0 Å². The van der Waals surface area contributed by atoms with Crippen molar-refractivity contribution in [2.45, 2.75) is 4.90 Å². The normalized spacial score (nSPS) is 15.9. The molecule has 0 N–H and O–H groups in total. The van der Waals surface area contributed by atoms with E-state index in [1.807, 2.05) is 6.07 Å². The summed E-state index contributed by atoms with van der Waals surface area (Å²) < 4.78 is 38.9. The van der Waals surface area contributed by atoms with Crippen molar-refractivity contribution in [3.05, 3.63) is 53.3 Å². The molecule has 9 heteroatoms. The molecule has 0 aliphatic carbocycles. The molecule has 1 saturated heterocycles. The first kappa shape index (κ1) is 16.8. The number of ether oxygens (including phenoxy) is 1. The van der Waals surface area contributed by atoms with Gasteiger partial charge in [-0.2, -0.15) is 4.31 Å². The van der Waals surface area contributed by atoms with Gasteiger partial charge in [0.1, 0.15) is 5.75 Å². The highest BCUT2D eigenvalue weighted by molar-refractivity contribution is 7.89. The summed E-state index contributed by atoms with van der Waals surface area (Å²) in [7, 11) is -2.07. The van der Waals surface area contributed by atoms with Gasteiger partial charge in [-0.1, -0.05) is 0 Å². The van der Waals surface area contributed by atoms with Crippen LogP contribution >= 0.6 is 0 Å². The summed E-state index contributed by atoms with van der Waals surface area (Å²) in [5.41, 5.74) is 0.816. The third kappa shape index (κ3) is 2.89. The molecule has 1 aliphatic rings. The Balaban J connectivity index is 1.45. The number of sulfonamides is 1. The number of benzene rings is 1. The first-order chi connectivity index (χ1) is 12.4. The lowest BCUT2D eigenvalue weighted by Crippen LogP contribution is -2.51. The van der Waals surface area contributed by atoms with Crippen LogP contribution in [0.2, 0.25) is 0 Å². The highest BCUT2D eigenvalue weighted by Crippen LogP contribution is 2.27. The van der Waals surface area contributed by atoms with E-state index in [4.69, 9.17) is 9.15 Å². The van der Waals surface area contributed by atoms with Crippen molar-refractivity contribution in [2.24, 2.45) is 13.0 Å². The monoisotopic (exact) mass is 375 g/mol. The van der Waals surface area contributed by atoms with Crippen LogP contribution in [0.25, 0.3) is 11.1 Å². The van der Waals surface area contributed by atoms with Crippen molar-refractivity contribution in [3.63, 3.8) is 0 Å². The zero-order valence-electron chi connectivity index (χ0n) is 14.0. The van der Waals surface area contributed by atoms with Crippen LogP contribution in [-0.2, 0) is 17.1 Å². The van der Waals surface area contributed by atoms with Crippen LogP contribution in [0.4, 0.5) is 0 Å². The SMILES string of the molecule is Cn1c(=O)oc2ccc(S(=O)(=O)N3CC(COc4cccnc4)C3)cc21. The third-order valence-corrected chi connectivity index (χ3v) is 6.27. The summed E-state index contributed by atoms with van der Waals surface area (Å²) in [5.74, 6) is 0.276. The van der Waals surface area contributed by atoms with Gasteiger partial charge in [0.15, 0.2) is 5.58 Å². The molecule has 8 nitrogen and oxygen atoms in total. The van der Waals surface area contributed by atoms with E-state index in [-0.39, 0.29) is 10.8 Å². The Hall–Kier alpha value is -2.65. The van der Waals surface area contributed by atoms with Gasteiger partial charge in [-0.05, 0) is 30.3 Å². The summed E-state index contributed by atoms with van der Waals surface area (Å²) in [4.78, 5) is 15.7. The number of oxazole rings is 1. The van der Waals surface area contributed by atoms with Gasteiger partial charge in [-0.25, -0.2) is 13.2 Å². The van der Waals surface area contributed by atoms with Gasteiger partial charge < -0.3 is 9.15 Å². The van der Waals surface area contributed by atoms with Gasteiger partial charge in [0, 0.05) is 32.3 Å². The van der Waals surface area contributed by atoms with E-state index in [2.05, 4.69) is 4.98 Å². The summed E-state index contributed by atoms with van der Waals surface area (Å²) >= 11 is 0. The summed E-state index contributed by atoms with van der Waals surface area (Å²) in [5, 5.41) is 0. The minimum Gasteiger partial charge on any atom is -0.492 e. The molecule has 0 spiro atoms. The van der Waals surface area contributed by atoms with Crippen LogP contribution in [0.3, 0.4) is 0 Å². The molecular weight excluding hydrogens is 358 g/mol. The Morgan fingerprint density at radius 2 is 2.12 bits per heavy atom. The number of aromatic nitrogens is 2. The molecule has 1 fully saturated rings. The zero-order valence-corrected chi connectivity index (χ0v) is 14.8. The number of hydrogen-bond donors (Lipinski definition) is 0. The average molecular weight is 375 g/mol. The van der Waals surface area contributed by atoms with Gasteiger partial charge in [0.05, 0.1) is 23.2 Å². The maximum absolute atomic E-state index is 12.8. The van der Waals surface area contributed by atoms with Gasteiger partial charge in [-0.3, -0.25) is 9.55 Å². The lowest BCUT2D eigenvalue weighted by atomic mass is 10.1. The molecule has 0 bridgehead atoms. The largest absolute Gasteiger partial charge is 0.492 e. The Morgan fingerprint density at radius 3 is 2.85 bits per heavy atom. The lowest BCUT2D eigenvalue weighted by molar-refractivity contribution is 0.129. The maximum atomic E-state index is 12.8. The van der Waals surface area contributed by atoms with Crippen molar-refractivity contribution in [1.82, 2.24) is 13.9 Å². The smallest absolute Gasteiger partial charge is 0.419 e. The predicted molar refractivity (Wildman–Crippen MR) is 93.4 cm³/mol. The average Bonchev–Trinajstić information content (AvgIpc) is 2.88. The van der Waals surface area contributed by atoms with E-state index in [0.717, 1.165) is 0 Å². The summed E-state index contributed by atoms with van der Waals surface area (Å²) in [6, 6.07) is 8.03. The lowest BCUT2D eigenvalue weighted by Gasteiger charge is -2.37. The molecule has 1 aliphatic heterocycles. The van der Waals surface area contributed by atoms with Crippen LogP contribution in [0, 0.1) is 5.92 Å². The number of aryl methyl sites for hydroxylation is 1. The van der Waals surface area contributed by atoms with Crippen LogP contribution in [0.15, 0.2) is 56.8 Å². The van der Waals surface area contributed by atoms with Crippen molar-refractivity contribution in [1.29, 1.82) is 0 Å². The molecule has 26 heavy (non-hydrogen) atoms. The van der Waals surface area contributed by atoms with Crippen LogP contribution in [0.1, 0.15) is 0 Å². The quantitative estimate of drug-likeness (QED) is 0.666. The number of pyridine rings is 1. The maximum Gasteiger partial charge on any atom is 0.419 e. The fraction of sp³-hybridized carbons (Fsp3) is 0.294. The minimum atomic E-state index is -3.61. The second kappa shape index (κ2) is 6.26. The van der Waals surface area contributed by atoms with Gasteiger partial charge in [0.2, 0.25) is 10.0 Å². The first-order valence-corrected chi connectivity index (χ1v) is 9.52. The molecule has 136 valence electrons. The molecule has 0 saturated carbocycles. The second-order valence-corrected chi connectivity index (χ2v) is 8.18. The molecule has 0 atom stereocenters. The molecule has 3 heterocycles. The highest BCUT2D eigenvalue weighted by atomic mass is 32.2. The van der Waals surface area contributed by atoms with Crippen molar-refractivity contribution < 1.29 is 17.6 Å². The summed E-state index contributed by atoms with van der Waals surface area (Å²) in [6.07, 6.45) is 3.29. The topological polar surface area (TPSA) is 94.6 Å². The van der Waals surface area contributed by atoms with E-state index < -0.39 is 15.8 Å². The molecule has 2 aromatic heterocycles. The van der Waals surface area contributed by atoms with Crippen molar-refractivity contribution in [2.75, 3.05) is 19.7 Å². The van der Waals surface area contributed by atoms with E-state index in [9.17, 15) is 13.2 Å². The molecule has 1 aromatic carbocycles. The number of fused-ring (bicyclic) bond motifs is 1. The first-order valence-electron chi connectivity index (χ1n) is 8.08. The standard InChI is InChI=1S/C17H17N3O5S/c1-19-15-7-14(4-5-16(15)25-17(19)21)26(22,23)20-9-12(10-20)11-24-13-3-2-6-18-8-13/h2-8,12H,9-11H2,1H3. The van der Waals surface area contributed by atoms with Gasteiger partial charge in [-0.15, -0.1) is 0 Å². The van der Waals surface area contributed by atoms with Crippen LogP contribution in [0.5, 0.6) is 5.75 Å². The Morgan fingerprint density at radius 1 is 1.31 bits per heavy atom. The molecule has 3 aromatic rings. The number of hydrogen-bond acceptors (Lipinski definition) is 6. The van der Waals surface area contributed by atoms with E-state index in [1.165, 1.54) is 27.1 Å². The second-order valence-electron chi connectivity index (χ2n) is 6.24. The number of nitrogens with zero attached hydrogens (tertiary/aromatic N) is 3. The molecule has 0 unspecified atom stereocenters. The summed E-state index contributed by atoms with van der Waals surface area (Å²) in [6.45, 7) is 1.23. The van der Waals surface area contributed by atoms with Crippen molar-refractivity contribution >= 4 is 21.1 Å². The zero-order chi connectivity index (χ0) is 18.3. The Labute approximate surface area is 149 Å². The fourth-order valence-electron chi connectivity index (χ4n) is 2.89. The molecule has 4 rings (SSSR count). The van der Waals surface area contributed by atoms with E-state index >= 15 is 0 Å². The van der Waals surface area contributed by atoms with Gasteiger partial charge >= 0.3 is 5.76 Å². The predicted octanol–water partition coefficient (Wildman–Crippen LogP) is 1.23. The van der Waals surface area contributed by atoms with E-state index in [1.54, 1.807) is 25.5 Å². The van der Waals surface area contributed by atoms with Gasteiger partial charge in [0.25, 0.3) is 0 Å². The fourth-order valence-corrected chi connectivity index (χ4v) is 4.50. The Kier molecular flexibility index (Phi) is 4.04.